The summed E-state index contributed by atoms with van der Waals surface area (Å²) in [5.74, 6) is -1.34. The van der Waals surface area contributed by atoms with Crippen LogP contribution < -0.4 is 5.32 Å². The number of hydrogen-bond donors (Lipinski definition) is 1. The van der Waals surface area contributed by atoms with Crippen LogP contribution in [0.1, 0.15) is 25.7 Å². The first-order valence-electron chi connectivity index (χ1n) is 7.09. The molecular formula is C15H17ClF3NOS. The molecule has 0 radical (unpaired) electrons. The summed E-state index contributed by atoms with van der Waals surface area (Å²) in [5.41, 5.74) is 0. The predicted molar refractivity (Wildman–Crippen MR) is 82.1 cm³/mol. The maximum Gasteiger partial charge on any atom is 0.391 e. The molecule has 0 aliphatic heterocycles. The van der Waals surface area contributed by atoms with Crippen LogP contribution in [0.5, 0.6) is 0 Å². The molecule has 1 fully saturated rings. The highest BCUT2D eigenvalue weighted by Gasteiger charge is 2.42. The van der Waals surface area contributed by atoms with Gasteiger partial charge in [-0.3, -0.25) is 4.79 Å². The van der Waals surface area contributed by atoms with Crippen LogP contribution in [0, 0.1) is 5.92 Å². The highest BCUT2D eigenvalue weighted by molar-refractivity contribution is 8.00. The molecular weight excluding hydrogens is 335 g/mol. The summed E-state index contributed by atoms with van der Waals surface area (Å²) >= 11 is 7.11. The molecule has 2 rings (SSSR count). The van der Waals surface area contributed by atoms with Crippen molar-refractivity contribution in [3.8, 4) is 0 Å². The fourth-order valence-corrected chi connectivity index (χ4v) is 3.40. The average Bonchev–Trinajstić information content (AvgIpc) is 2.46. The molecule has 0 saturated heterocycles. The van der Waals surface area contributed by atoms with Crippen molar-refractivity contribution in [1.82, 2.24) is 5.32 Å². The van der Waals surface area contributed by atoms with Gasteiger partial charge in [-0.2, -0.15) is 13.2 Å². The first-order valence-corrected chi connectivity index (χ1v) is 8.45. The summed E-state index contributed by atoms with van der Waals surface area (Å²) in [7, 11) is 0. The third-order valence-electron chi connectivity index (χ3n) is 3.69. The third kappa shape index (κ3) is 5.39. The smallest absolute Gasteiger partial charge is 0.353 e. The van der Waals surface area contributed by atoms with E-state index in [4.69, 9.17) is 11.6 Å². The summed E-state index contributed by atoms with van der Waals surface area (Å²) < 4.78 is 38.2. The van der Waals surface area contributed by atoms with Gasteiger partial charge in [0.1, 0.15) is 0 Å². The van der Waals surface area contributed by atoms with Gasteiger partial charge in [0, 0.05) is 16.0 Å². The van der Waals surface area contributed by atoms with Crippen LogP contribution in [0.2, 0.25) is 5.02 Å². The lowest BCUT2D eigenvalue weighted by Crippen LogP contribution is -2.42. The number of rotatable bonds is 4. The lowest BCUT2D eigenvalue weighted by molar-refractivity contribution is -0.184. The number of halogens is 4. The third-order valence-corrected chi connectivity index (χ3v) is 4.95. The molecule has 2 nitrogen and oxygen atoms in total. The molecule has 0 bridgehead atoms. The Labute approximate surface area is 136 Å². The Kier molecular flexibility index (Phi) is 6.03. The Bertz CT molecular complexity index is 507. The standard InChI is InChI=1S/C15H17ClF3NOS/c16-11-4-6-13(7-5-11)22-9-14(21)20-12-3-1-2-10(8-12)15(17,18)19/h4-7,10,12H,1-3,8-9H2,(H,20,21). The molecule has 0 heterocycles. The molecule has 7 heteroatoms. The van der Waals surface area contributed by atoms with E-state index in [9.17, 15) is 18.0 Å². The monoisotopic (exact) mass is 351 g/mol. The summed E-state index contributed by atoms with van der Waals surface area (Å²) in [6, 6.07) is 6.70. The summed E-state index contributed by atoms with van der Waals surface area (Å²) in [5, 5.41) is 3.34. The van der Waals surface area contributed by atoms with E-state index in [-0.39, 0.29) is 30.5 Å². The van der Waals surface area contributed by atoms with Crippen LogP contribution in [0.15, 0.2) is 29.2 Å². The Morgan fingerprint density at radius 3 is 2.59 bits per heavy atom. The average molecular weight is 352 g/mol. The van der Waals surface area contributed by atoms with Crippen molar-refractivity contribution in [2.75, 3.05) is 5.75 Å². The number of alkyl halides is 3. The number of nitrogens with one attached hydrogen (secondary N) is 1. The van der Waals surface area contributed by atoms with Gasteiger partial charge in [-0.15, -0.1) is 11.8 Å². The molecule has 2 unspecified atom stereocenters. The molecule has 0 aromatic heterocycles. The van der Waals surface area contributed by atoms with Gasteiger partial charge < -0.3 is 5.32 Å². The van der Waals surface area contributed by atoms with Crippen molar-refractivity contribution >= 4 is 29.3 Å². The van der Waals surface area contributed by atoms with Gasteiger partial charge in [0.2, 0.25) is 5.91 Å². The maximum atomic E-state index is 12.7. The van der Waals surface area contributed by atoms with E-state index in [2.05, 4.69) is 5.32 Å². The van der Waals surface area contributed by atoms with Gasteiger partial charge in [0.25, 0.3) is 0 Å². The predicted octanol–water partition coefficient (Wildman–Crippen LogP) is 4.67. The molecule has 1 aromatic rings. The van der Waals surface area contributed by atoms with E-state index in [1.54, 1.807) is 24.3 Å². The minimum Gasteiger partial charge on any atom is -0.353 e. The number of hydrogen-bond acceptors (Lipinski definition) is 2. The number of thioether (sulfide) groups is 1. The van der Waals surface area contributed by atoms with Crippen molar-refractivity contribution in [3.05, 3.63) is 29.3 Å². The number of carbonyl (C=O) groups excluding carboxylic acids is 1. The van der Waals surface area contributed by atoms with Gasteiger partial charge >= 0.3 is 6.18 Å². The Hall–Kier alpha value is -0.880. The molecule has 122 valence electrons. The summed E-state index contributed by atoms with van der Waals surface area (Å²) in [6.07, 6.45) is -2.90. The van der Waals surface area contributed by atoms with Crippen LogP contribution in [-0.4, -0.2) is 23.9 Å². The van der Waals surface area contributed by atoms with Crippen molar-refractivity contribution in [2.24, 2.45) is 5.92 Å². The zero-order valence-corrected chi connectivity index (χ0v) is 13.4. The second-order valence-corrected chi connectivity index (χ2v) is 6.90. The van der Waals surface area contributed by atoms with E-state index < -0.39 is 12.1 Å². The van der Waals surface area contributed by atoms with Crippen LogP contribution in [0.4, 0.5) is 13.2 Å². The van der Waals surface area contributed by atoms with E-state index in [1.165, 1.54) is 11.8 Å². The largest absolute Gasteiger partial charge is 0.391 e. The quantitative estimate of drug-likeness (QED) is 0.799. The van der Waals surface area contributed by atoms with Crippen LogP contribution >= 0.6 is 23.4 Å². The number of amides is 1. The fourth-order valence-electron chi connectivity index (χ4n) is 2.57. The number of benzene rings is 1. The molecule has 1 N–H and O–H groups in total. The highest BCUT2D eigenvalue weighted by atomic mass is 35.5. The Morgan fingerprint density at radius 2 is 1.95 bits per heavy atom. The highest BCUT2D eigenvalue weighted by Crippen LogP contribution is 2.37. The van der Waals surface area contributed by atoms with Crippen LogP contribution in [0.25, 0.3) is 0 Å². The molecule has 1 aromatic carbocycles. The van der Waals surface area contributed by atoms with Gasteiger partial charge in [-0.05, 0) is 43.5 Å². The summed E-state index contributed by atoms with van der Waals surface area (Å²) in [6.45, 7) is 0. The lowest BCUT2D eigenvalue weighted by Gasteiger charge is -2.31. The summed E-state index contributed by atoms with van der Waals surface area (Å²) in [4.78, 5) is 12.8. The van der Waals surface area contributed by atoms with E-state index >= 15 is 0 Å². The minimum absolute atomic E-state index is 0.0130. The van der Waals surface area contributed by atoms with Gasteiger partial charge in [0.05, 0.1) is 11.7 Å². The number of carbonyl (C=O) groups is 1. The minimum atomic E-state index is -4.17. The molecule has 1 aliphatic rings. The van der Waals surface area contributed by atoms with E-state index in [0.717, 1.165) is 4.90 Å². The molecule has 1 amide bonds. The van der Waals surface area contributed by atoms with Gasteiger partial charge in [0.15, 0.2) is 0 Å². The molecule has 1 saturated carbocycles. The molecule has 0 spiro atoms. The zero-order valence-electron chi connectivity index (χ0n) is 11.8. The Balaban J connectivity index is 1.78. The zero-order chi connectivity index (χ0) is 16.2. The first kappa shape index (κ1) is 17.5. The first-order chi connectivity index (χ1) is 10.3. The van der Waals surface area contributed by atoms with Gasteiger partial charge in [-0.1, -0.05) is 18.0 Å². The lowest BCUT2D eigenvalue weighted by atomic mass is 9.85. The molecule has 22 heavy (non-hydrogen) atoms. The fraction of sp³-hybridized carbons (Fsp3) is 0.533. The van der Waals surface area contributed by atoms with Crippen LogP contribution in [-0.2, 0) is 4.79 Å². The van der Waals surface area contributed by atoms with E-state index in [0.29, 0.717) is 17.9 Å². The van der Waals surface area contributed by atoms with Crippen molar-refractivity contribution in [2.45, 2.75) is 42.8 Å². The molecule has 1 aliphatic carbocycles. The van der Waals surface area contributed by atoms with Crippen molar-refractivity contribution in [1.29, 1.82) is 0 Å². The second kappa shape index (κ2) is 7.59. The van der Waals surface area contributed by atoms with Crippen molar-refractivity contribution < 1.29 is 18.0 Å². The van der Waals surface area contributed by atoms with Crippen LogP contribution in [0.3, 0.4) is 0 Å². The normalized spacial score (nSPS) is 22.4. The SMILES string of the molecule is O=C(CSc1ccc(Cl)cc1)NC1CCCC(C(F)(F)F)C1. The Morgan fingerprint density at radius 1 is 1.27 bits per heavy atom. The van der Waals surface area contributed by atoms with Gasteiger partial charge in [-0.25, -0.2) is 0 Å². The topological polar surface area (TPSA) is 29.1 Å². The van der Waals surface area contributed by atoms with Crippen molar-refractivity contribution in [3.63, 3.8) is 0 Å². The van der Waals surface area contributed by atoms with E-state index in [1.807, 2.05) is 0 Å². The molecule has 2 atom stereocenters. The second-order valence-electron chi connectivity index (χ2n) is 5.41. The maximum absolute atomic E-state index is 12.7.